The van der Waals surface area contributed by atoms with E-state index in [1.165, 1.54) is 5.56 Å². The van der Waals surface area contributed by atoms with Crippen LogP contribution in [0.1, 0.15) is 24.2 Å². The molecule has 94 valence electrons. The summed E-state index contributed by atoms with van der Waals surface area (Å²) in [6.45, 7) is 2.88. The van der Waals surface area contributed by atoms with E-state index in [1.807, 2.05) is 42.6 Å². The molecule has 0 bridgehead atoms. The highest BCUT2D eigenvalue weighted by Crippen LogP contribution is 2.22. The van der Waals surface area contributed by atoms with Crippen molar-refractivity contribution in [3.8, 4) is 0 Å². The number of halogens is 2. The molecule has 1 aromatic carbocycles. The molecule has 0 amide bonds. The third-order valence-corrected chi connectivity index (χ3v) is 3.72. The van der Waals surface area contributed by atoms with Crippen molar-refractivity contribution in [1.29, 1.82) is 0 Å². The normalized spacial score (nSPS) is 12.4. The van der Waals surface area contributed by atoms with Crippen molar-refractivity contribution in [2.24, 2.45) is 0 Å². The molecule has 0 spiro atoms. The van der Waals surface area contributed by atoms with Gasteiger partial charge in [0, 0.05) is 28.3 Å². The molecule has 2 aromatic rings. The Morgan fingerprint density at radius 2 is 2.17 bits per heavy atom. The highest BCUT2D eigenvalue weighted by Gasteiger charge is 2.07. The first-order valence-corrected chi connectivity index (χ1v) is 6.92. The summed E-state index contributed by atoms with van der Waals surface area (Å²) in [4.78, 5) is 4.33. The van der Waals surface area contributed by atoms with E-state index in [0.29, 0.717) is 0 Å². The van der Waals surface area contributed by atoms with E-state index < -0.39 is 0 Å². The molecule has 0 unspecified atom stereocenters. The van der Waals surface area contributed by atoms with Crippen molar-refractivity contribution < 1.29 is 0 Å². The number of nitrogens with zero attached hydrogens (tertiary/aromatic N) is 1. The maximum absolute atomic E-state index is 5.92. The van der Waals surface area contributed by atoms with Gasteiger partial charge in [-0.25, -0.2) is 0 Å². The van der Waals surface area contributed by atoms with E-state index in [0.717, 1.165) is 21.7 Å². The maximum Gasteiger partial charge on any atom is 0.0570 e. The Kier molecular flexibility index (Phi) is 4.75. The molecular formula is C14H14BrClN2. The number of benzene rings is 1. The molecule has 0 aliphatic carbocycles. The monoisotopic (exact) mass is 324 g/mol. The fourth-order valence-electron chi connectivity index (χ4n) is 1.66. The van der Waals surface area contributed by atoms with Crippen LogP contribution in [0.2, 0.25) is 5.02 Å². The Hall–Kier alpha value is -0.900. The molecular weight excluding hydrogens is 312 g/mol. The molecule has 0 fully saturated rings. The summed E-state index contributed by atoms with van der Waals surface area (Å²) in [7, 11) is 0. The van der Waals surface area contributed by atoms with Gasteiger partial charge in [-0.1, -0.05) is 39.7 Å². The Balaban J connectivity index is 1.99. The van der Waals surface area contributed by atoms with E-state index in [9.17, 15) is 0 Å². The van der Waals surface area contributed by atoms with Crippen molar-refractivity contribution in [1.82, 2.24) is 10.3 Å². The first-order valence-electron chi connectivity index (χ1n) is 5.75. The van der Waals surface area contributed by atoms with E-state index in [4.69, 9.17) is 11.6 Å². The van der Waals surface area contributed by atoms with Gasteiger partial charge in [0.2, 0.25) is 0 Å². The summed E-state index contributed by atoms with van der Waals surface area (Å²) in [5.74, 6) is 0. The first-order chi connectivity index (χ1) is 8.66. The topological polar surface area (TPSA) is 24.9 Å². The lowest BCUT2D eigenvalue weighted by Gasteiger charge is -2.14. The maximum atomic E-state index is 5.92. The molecule has 0 aliphatic rings. The molecule has 1 atom stereocenters. The van der Waals surface area contributed by atoms with Crippen LogP contribution in [0.15, 0.2) is 47.1 Å². The fourth-order valence-corrected chi connectivity index (χ4v) is 2.49. The largest absolute Gasteiger partial charge is 0.305 e. The standard InChI is InChI=1S/C14H14BrClN2/c1-10(14-4-2-3-7-17-14)18-9-11-5-6-12(16)8-13(11)15/h2-8,10,18H,9H2,1H3/t10-/m1/s1. The third-order valence-electron chi connectivity index (χ3n) is 2.75. The van der Waals surface area contributed by atoms with Crippen LogP contribution in [0.25, 0.3) is 0 Å². The fraction of sp³-hybridized carbons (Fsp3) is 0.214. The number of pyridine rings is 1. The van der Waals surface area contributed by atoms with Crippen LogP contribution in [0, 0.1) is 0 Å². The molecule has 1 heterocycles. The number of rotatable bonds is 4. The average Bonchev–Trinajstić information content (AvgIpc) is 2.38. The van der Waals surface area contributed by atoms with E-state index in [2.05, 4.69) is 33.2 Å². The molecule has 0 saturated heterocycles. The Labute approximate surface area is 121 Å². The van der Waals surface area contributed by atoms with Crippen LogP contribution in [0.3, 0.4) is 0 Å². The molecule has 2 nitrogen and oxygen atoms in total. The van der Waals surface area contributed by atoms with Crippen LogP contribution >= 0.6 is 27.5 Å². The van der Waals surface area contributed by atoms with Crippen LogP contribution < -0.4 is 5.32 Å². The van der Waals surface area contributed by atoms with Crippen molar-refractivity contribution >= 4 is 27.5 Å². The van der Waals surface area contributed by atoms with Crippen molar-refractivity contribution in [3.63, 3.8) is 0 Å². The lowest BCUT2D eigenvalue weighted by atomic mass is 10.2. The average molecular weight is 326 g/mol. The lowest BCUT2D eigenvalue weighted by Crippen LogP contribution is -2.19. The van der Waals surface area contributed by atoms with Gasteiger partial charge in [-0.3, -0.25) is 4.98 Å². The molecule has 18 heavy (non-hydrogen) atoms. The number of nitrogens with one attached hydrogen (secondary N) is 1. The van der Waals surface area contributed by atoms with Gasteiger partial charge in [0.15, 0.2) is 0 Å². The summed E-state index contributed by atoms with van der Waals surface area (Å²) >= 11 is 9.43. The smallest absolute Gasteiger partial charge is 0.0570 e. The second-order valence-corrected chi connectivity index (χ2v) is 5.38. The lowest BCUT2D eigenvalue weighted by molar-refractivity contribution is 0.560. The minimum atomic E-state index is 0.216. The van der Waals surface area contributed by atoms with Crippen LogP contribution in [0.5, 0.6) is 0 Å². The van der Waals surface area contributed by atoms with Crippen LogP contribution in [-0.2, 0) is 6.54 Å². The van der Waals surface area contributed by atoms with E-state index in [-0.39, 0.29) is 6.04 Å². The quantitative estimate of drug-likeness (QED) is 0.904. The van der Waals surface area contributed by atoms with Gasteiger partial charge < -0.3 is 5.32 Å². The molecule has 0 saturated carbocycles. The first kappa shape index (κ1) is 13.5. The second kappa shape index (κ2) is 6.32. The summed E-state index contributed by atoms with van der Waals surface area (Å²) in [5, 5.41) is 4.18. The summed E-state index contributed by atoms with van der Waals surface area (Å²) < 4.78 is 1.02. The summed E-state index contributed by atoms with van der Waals surface area (Å²) in [6, 6.07) is 12.0. The highest BCUT2D eigenvalue weighted by atomic mass is 79.9. The number of hydrogen-bond acceptors (Lipinski definition) is 2. The zero-order valence-corrected chi connectivity index (χ0v) is 12.4. The SMILES string of the molecule is C[C@@H](NCc1ccc(Cl)cc1Br)c1ccccn1. The minimum Gasteiger partial charge on any atom is -0.305 e. The van der Waals surface area contributed by atoms with Crippen molar-refractivity contribution in [2.45, 2.75) is 19.5 Å². The molecule has 2 rings (SSSR count). The predicted octanol–water partition coefficient (Wildman–Crippen LogP) is 4.35. The van der Waals surface area contributed by atoms with Gasteiger partial charge in [-0.2, -0.15) is 0 Å². The Morgan fingerprint density at radius 1 is 1.33 bits per heavy atom. The Bertz CT molecular complexity index is 516. The third kappa shape index (κ3) is 3.55. The van der Waals surface area contributed by atoms with Crippen molar-refractivity contribution in [3.05, 3.63) is 63.3 Å². The zero-order chi connectivity index (χ0) is 13.0. The molecule has 0 radical (unpaired) electrons. The Morgan fingerprint density at radius 3 is 2.83 bits per heavy atom. The minimum absolute atomic E-state index is 0.216. The molecule has 1 N–H and O–H groups in total. The molecule has 0 aliphatic heterocycles. The molecule has 1 aromatic heterocycles. The van der Waals surface area contributed by atoms with Gasteiger partial charge >= 0.3 is 0 Å². The second-order valence-electron chi connectivity index (χ2n) is 4.09. The summed E-state index contributed by atoms with van der Waals surface area (Å²) in [5.41, 5.74) is 2.23. The van der Waals surface area contributed by atoms with Gasteiger partial charge in [0.05, 0.1) is 5.69 Å². The highest BCUT2D eigenvalue weighted by molar-refractivity contribution is 9.10. The van der Waals surface area contributed by atoms with E-state index >= 15 is 0 Å². The van der Waals surface area contributed by atoms with Gasteiger partial charge in [-0.15, -0.1) is 0 Å². The van der Waals surface area contributed by atoms with Gasteiger partial charge in [0.25, 0.3) is 0 Å². The van der Waals surface area contributed by atoms with Gasteiger partial charge in [0.1, 0.15) is 0 Å². The zero-order valence-electron chi connectivity index (χ0n) is 10.0. The molecule has 4 heteroatoms. The van der Waals surface area contributed by atoms with Crippen LogP contribution in [0.4, 0.5) is 0 Å². The number of hydrogen-bond donors (Lipinski definition) is 1. The van der Waals surface area contributed by atoms with Gasteiger partial charge in [-0.05, 0) is 36.8 Å². The summed E-state index contributed by atoms with van der Waals surface area (Å²) in [6.07, 6.45) is 1.81. The van der Waals surface area contributed by atoms with Crippen molar-refractivity contribution in [2.75, 3.05) is 0 Å². The van der Waals surface area contributed by atoms with E-state index in [1.54, 1.807) is 0 Å². The van der Waals surface area contributed by atoms with Crippen LogP contribution in [-0.4, -0.2) is 4.98 Å². The number of aromatic nitrogens is 1. The predicted molar refractivity (Wildman–Crippen MR) is 78.6 cm³/mol.